The van der Waals surface area contributed by atoms with Gasteiger partial charge < -0.3 is 0 Å². The lowest BCUT2D eigenvalue weighted by molar-refractivity contribution is 0.893. The van der Waals surface area contributed by atoms with Crippen LogP contribution in [0.25, 0.3) is 10.7 Å². The molecule has 0 radical (unpaired) electrons. The van der Waals surface area contributed by atoms with E-state index in [9.17, 15) is 0 Å². The van der Waals surface area contributed by atoms with E-state index in [1.54, 1.807) is 17.5 Å². The van der Waals surface area contributed by atoms with Gasteiger partial charge in [-0.3, -0.25) is 4.98 Å². The number of rotatable bonds is 3. The number of halogens is 1. The van der Waals surface area contributed by atoms with Gasteiger partial charge in [-0.2, -0.15) is 0 Å². The Kier molecular flexibility index (Phi) is 3.49. The first kappa shape index (κ1) is 10.8. The highest BCUT2D eigenvalue weighted by molar-refractivity contribution is 9.10. The fourth-order valence-corrected chi connectivity index (χ4v) is 2.36. The molecule has 4 heteroatoms. The van der Waals surface area contributed by atoms with Gasteiger partial charge in [0.15, 0.2) is 0 Å². The van der Waals surface area contributed by atoms with Crippen LogP contribution < -0.4 is 0 Å². The van der Waals surface area contributed by atoms with E-state index in [4.69, 9.17) is 0 Å². The Balaban J connectivity index is 2.25. The fourth-order valence-electron chi connectivity index (χ4n) is 1.30. The fraction of sp³-hybridized carbons (Fsp3) is 0.273. The van der Waals surface area contributed by atoms with Crippen LogP contribution >= 0.6 is 27.3 Å². The van der Waals surface area contributed by atoms with Crippen molar-refractivity contribution in [3.8, 4) is 10.7 Å². The monoisotopic (exact) mass is 282 g/mol. The van der Waals surface area contributed by atoms with E-state index in [0.29, 0.717) is 0 Å². The highest BCUT2D eigenvalue weighted by atomic mass is 79.9. The summed E-state index contributed by atoms with van der Waals surface area (Å²) in [6, 6.07) is 3.97. The Morgan fingerprint density at radius 1 is 1.40 bits per heavy atom. The van der Waals surface area contributed by atoms with Crippen molar-refractivity contribution < 1.29 is 0 Å². The van der Waals surface area contributed by atoms with Crippen molar-refractivity contribution in [1.82, 2.24) is 9.97 Å². The lowest BCUT2D eigenvalue weighted by Gasteiger charge is -1.94. The number of thiazole rings is 1. The zero-order chi connectivity index (χ0) is 10.7. The molecule has 2 aromatic rings. The summed E-state index contributed by atoms with van der Waals surface area (Å²) in [7, 11) is 0. The number of hydrogen-bond donors (Lipinski definition) is 0. The summed E-state index contributed by atoms with van der Waals surface area (Å²) in [6.45, 7) is 2.16. The van der Waals surface area contributed by atoms with Crippen molar-refractivity contribution in [3.63, 3.8) is 0 Å². The van der Waals surface area contributed by atoms with Gasteiger partial charge in [0.05, 0.1) is 11.4 Å². The third-order valence-corrected chi connectivity index (χ3v) is 3.39. The molecule has 2 aromatic heterocycles. The van der Waals surface area contributed by atoms with Crippen molar-refractivity contribution >= 4 is 27.3 Å². The predicted octanol–water partition coefficient (Wildman–Crippen LogP) is 3.92. The SMILES string of the molecule is CCCc1csc(-c2ccc(Br)cn2)n1. The van der Waals surface area contributed by atoms with Crippen LogP contribution in [0.3, 0.4) is 0 Å². The minimum Gasteiger partial charge on any atom is -0.253 e. The summed E-state index contributed by atoms with van der Waals surface area (Å²) in [6.07, 6.45) is 3.99. The quantitative estimate of drug-likeness (QED) is 0.853. The van der Waals surface area contributed by atoms with E-state index in [1.165, 1.54) is 5.69 Å². The lowest BCUT2D eigenvalue weighted by atomic mass is 10.3. The number of pyridine rings is 1. The second kappa shape index (κ2) is 4.86. The smallest absolute Gasteiger partial charge is 0.142 e. The summed E-state index contributed by atoms with van der Waals surface area (Å²) in [4.78, 5) is 8.86. The van der Waals surface area contributed by atoms with Gasteiger partial charge in [0.1, 0.15) is 5.01 Å². The molecule has 0 fully saturated rings. The molecule has 0 saturated heterocycles. The van der Waals surface area contributed by atoms with Crippen molar-refractivity contribution in [3.05, 3.63) is 33.9 Å². The van der Waals surface area contributed by atoms with E-state index in [2.05, 4.69) is 38.2 Å². The summed E-state index contributed by atoms with van der Waals surface area (Å²) in [5, 5.41) is 3.12. The van der Waals surface area contributed by atoms with Crippen molar-refractivity contribution in [2.45, 2.75) is 19.8 Å². The third-order valence-electron chi connectivity index (χ3n) is 2.00. The summed E-state index contributed by atoms with van der Waals surface area (Å²) in [5.41, 5.74) is 2.12. The normalized spacial score (nSPS) is 10.5. The first-order valence-corrected chi connectivity index (χ1v) is 6.53. The van der Waals surface area contributed by atoms with E-state index in [-0.39, 0.29) is 0 Å². The zero-order valence-electron chi connectivity index (χ0n) is 8.40. The van der Waals surface area contributed by atoms with Crippen molar-refractivity contribution in [1.29, 1.82) is 0 Å². The Hall–Kier alpha value is -0.740. The second-order valence-corrected chi connectivity index (χ2v) is 5.03. The number of aryl methyl sites for hydroxylation is 1. The van der Waals surface area contributed by atoms with Gasteiger partial charge in [0.2, 0.25) is 0 Å². The van der Waals surface area contributed by atoms with Crippen LogP contribution in [-0.4, -0.2) is 9.97 Å². The van der Waals surface area contributed by atoms with Crippen LogP contribution in [0.4, 0.5) is 0 Å². The van der Waals surface area contributed by atoms with Gasteiger partial charge in [-0.1, -0.05) is 13.3 Å². The minimum atomic E-state index is 0.950. The Morgan fingerprint density at radius 2 is 2.27 bits per heavy atom. The van der Waals surface area contributed by atoms with Gasteiger partial charge in [-0.05, 0) is 34.5 Å². The summed E-state index contributed by atoms with van der Waals surface area (Å²) >= 11 is 5.03. The third kappa shape index (κ3) is 2.63. The molecule has 2 heterocycles. The molecular weight excluding hydrogens is 272 g/mol. The first-order chi connectivity index (χ1) is 7.29. The Labute approximate surface area is 102 Å². The van der Waals surface area contributed by atoms with E-state index >= 15 is 0 Å². The second-order valence-electron chi connectivity index (χ2n) is 3.26. The molecule has 2 rings (SSSR count). The van der Waals surface area contributed by atoms with Crippen LogP contribution in [0.5, 0.6) is 0 Å². The summed E-state index contributed by atoms with van der Waals surface area (Å²) < 4.78 is 0.997. The molecule has 0 amide bonds. The lowest BCUT2D eigenvalue weighted by Crippen LogP contribution is -1.85. The largest absolute Gasteiger partial charge is 0.253 e. The van der Waals surface area contributed by atoms with Crippen molar-refractivity contribution in [2.24, 2.45) is 0 Å². The molecule has 0 saturated carbocycles. The molecule has 0 aromatic carbocycles. The Bertz CT molecular complexity index is 436. The predicted molar refractivity (Wildman–Crippen MR) is 67.0 cm³/mol. The highest BCUT2D eigenvalue weighted by Gasteiger charge is 2.04. The standard InChI is InChI=1S/C11H11BrN2S/c1-2-3-9-7-15-11(14-9)10-5-4-8(12)6-13-10/h4-7H,2-3H2,1H3. The molecule has 0 unspecified atom stereocenters. The molecular formula is C11H11BrN2S. The van der Waals surface area contributed by atoms with Gasteiger partial charge in [0.25, 0.3) is 0 Å². The van der Waals surface area contributed by atoms with E-state index in [1.807, 2.05) is 12.1 Å². The van der Waals surface area contributed by atoms with E-state index < -0.39 is 0 Å². The van der Waals surface area contributed by atoms with Gasteiger partial charge in [-0.25, -0.2) is 4.98 Å². The minimum absolute atomic E-state index is 0.950. The number of hydrogen-bond acceptors (Lipinski definition) is 3. The van der Waals surface area contributed by atoms with Gasteiger partial charge >= 0.3 is 0 Å². The highest BCUT2D eigenvalue weighted by Crippen LogP contribution is 2.23. The molecule has 15 heavy (non-hydrogen) atoms. The maximum absolute atomic E-state index is 4.54. The molecule has 0 bridgehead atoms. The van der Waals surface area contributed by atoms with Crippen LogP contribution in [0.2, 0.25) is 0 Å². The molecule has 0 spiro atoms. The molecule has 0 aliphatic heterocycles. The van der Waals surface area contributed by atoms with Crippen LogP contribution in [-0.2, 0) is 6.42 Å². The Morgan fingerprint density at radius 3 is 2.93 bits per heavy atom. The topological polar surface area (TPSA) is 25.8 Å². The molecule has 0 aliphatic carbocycles. The summed E-state index contributed by atoms with van der Waals surface area (Å²) in [5.74, 6) is 0. The van der Waals surface area contributed by atoms with Gasteiger partial charge in [0, 0.05) is 16.0 Å². The van der Waals surface area contributed by atoms with Crippen LogP contribution in [0.15, 0.2) is 28.2 Å². The molecule has 0 atom stereocenters. The average Bonchev–Trinajstić information content (AvgIpc) is 2.68. The average molecular weight is 283 g/mol. The van der Waals surface area contributed by atoms with E-state index in [0.717, 1.165) is 28.0 Å². The maximum Gasteiger partial charge on any atom is 0.142 e. The van der Waals surface area contributed by atoms with Crippen LogP contribution in [0, 0.1) is 0 Å². The van der Waals surface area contributed by atoms with Crippen LogP contribution in [0.1, 0.15) is 19.0 Å². The molecule has 0 aliphatic rings. The number of nitrogens with zero attached hydrogens (tertiary/aromatic N) is 2. The zero-order valence-corrected chi connectivity index (χ0v) is 10.8. The first-order valence-electron chi connectivity index (χ1n) is 4.86. The molecule has 2 nitrogen and oxygen atoms in total. The molecule has 0 N–H and O–H groups in total. The number of aromatic nitrogens is 2. The van der Waals surface area contributed by atoms with Crippen molar-refractivity contribution in [2.75, 3.05) is 0 Å². The van der Waals surface area contributed by atoms with Gasteiger partial charge in [-0.15, -0.1) is 11.3 Å². The maximum atomic E-state index is 4.54. The molecule has 78 valence electrons.